The summed E-state index contributed by atoms with van der Waals surface area (Å²) < 4.78 is 5.43. The standard InChI is InChI=1S/C24H35N3O5/c1-4-5-13-27-21(29)19(20(28)17(2)3)25-22(30)24(27)11-14-26(15-12-24)23(31)32-16-18-9-7-6-8-10-18/h6-10,17,19-20,28H,4-5,11-16H2,1-3H3,(H,25,30)/t19-,20-/m1/s1. The summed E-state index contributed by atoms with van der Waals surface area (Å²) in [4.78, 5) is 42.4. The third-order valence-corrected chi connectivity index (χ3v) is 6.57. The van der Waals surface area contributed by atoms with Crippen LogP contribution in [-0.4, -0.2) is 70.1 Å². The fourth-order valence-electron chi connectivity index (χ4n) is 4.46. The number of aliphatic hydroxyl groups excluding tert-OH is 1. The quantitative estimate of drug-likeness (QED) is 0.671. The average molecular weight is 446 g/mol. The minimum atomic E-state index is -0.990. The number of hydrogen-bond donors (Lipinski definition) is 2. The summed E-state index contributed by atoms with van der Waals surface area (Å²) in [7, 11) is 0. The Morgan fingerprint density at radius 1 is 1.22 bits per heavy atom. The molecule has 0 bridgehead atoms. The van der Waals surface area contributed by atoms with Gasteiger partial charge in [0.1, 0.15) is 18.2 Å². The number of hydrogen-bond acceptors (Lipinski definition) is 5. The molecule has 2 fully saturated rings. The Labute approximate surface area is 189 Å². The van der Waals surface area contributed by atoms with Crippen LogP contribution in [0.15, 0.2) is 30.3 Å². The summed E-state index contributed by atoms with van der Waals surface area (Å²) in [6.45, 7) is 6.99. The molecular weight excluding hydrogens is 410 g/mol. The van der Waals surface area contributed by atoms with Crippen LogP contribution < -0.4 is 5.32 Å². The third kappa shape index (κ3) is 4.90. The van der Waals surface area contributed by atoms with Crippen LogP contribution in [0.4, 0.5) is 4.79 Å². The van der Waals surface area contributed by atoms with Gasteiger partial charge in [-0.2, -0.15) is 0 Å². The molecule has 2 atom stereocenters. The zero-order valence-corrected chi connectivity index (χ0v) is 19.3. The number of nitrogens with zero attached hydrogens (tertiary/aromatic N) is 2. The van der Waals surface area contributed by atoms with E-state index in [-0.39, 0.29) is 24.3 Å². The van der Waals surface area contributed by atoms with Crippen molar-refractivity contribution in [1.29, 1.82) is 0 Å². The molecule has 2 aliphatic heterocycles. The third-order valence-electron chi connectivity index (χ3n) is 6.57. The first kappa shape index (κ1) is 24.0. The summed E-state index contributed by atoms with van der Waals surface area (Å²) in [6.07, 6.45) is 0.990. The van der Waals surface area contributed by atoms with Gasteiger partial charge in [0.25, 0.3) is 0 Å². The molecular formula is C24H35N3O5. The molecule has 1 aromatic carbocycles. The van der Waals surface area contributed by atoms with Gasteiger partial charge in [-0.15, -0.1) is 0 Å². The predicted molar refractivity (Wildman–Crippen MR) is 120 cm³/mol. The number of piperidine rings is 1. The van der Waals surface area contributed by atoms with Crippen molar-refractivity contribution >= 4 is 17.9 Å². The van der Waals surface area contributed by atoms with E-state index in [1.807, 2.05) is 51.1 Å². The zero-order chi connectivity index (χ0) is 23.3. The lowest BCUT2D eigenvalue weighted by atomic mass is 9.80. The van der Waals surface area contributed by atoms with E-state index in [2.05, 4.69) is 5.32 Å². The van der Waals surface area contributed by atoms with Crippen LogP contribution >= 0.6 is 0 Å². The summed E-state index contributed by atoms with van der Waals surface area (Å²) in [5, 5.41) is 13.3. The second kappa shape index (κ2) is 10.3. The number of carbonyl (C=O) groups excluding carboxylic acids is 3. The summed E-state index contributed by atoms with van der Waals surface area (Å²) in [5.74, 6) is -0.637. The van der Waals surface area contributed by atoms with Crippen molar-refractivity contribution in [2.75, 3.05) is 19.6 Å². The van der Waals surface area contributed by atoms with Crippen LogP contribution in [0, 0.1) is 5.92 Å². The Hall–Kier alpha value is -2.61. The maximum atomic E-state index is 13.3. The van der Waals surface area contributed by atoms with Crippen LogP contribution in [0.2, 0.25) is 0 Å². The second-order valence-electron chi connectivity index (χ2n) is 9.09. The minimum Gasteiger partial charge on any atom is -0.445 e. The lowest BCUT2D eigenvalue weighted by Crippen LogP contribution is -2.75. The number of aliphatic hydroxyl groups is 1. The van der Waals surface area contributed by atoms with E-state index < -0.39 is 23.8 Å². The minimum absolute atomic E-state index is 0.160. The van der Waals surface area contributed by atoms with E-state index >= 15 is 0 Å². The molecule has 0 aliphatic carbocycles. The number of unbranched alkanes of at least 4 members (excludes halogenated alkanes) is 1. The number of amides is 3. The van der Waals surface area contributed by atoms with Gasteiger partial charge in [0.2, 0.25) is 11.8 Å². The van der Waals surface area contributed by atoms with Crippen LogP contribution in [-0.2, 0) is 20.9 Å². The second-order valence-corrected chi connectivity index (χ2v) is 9.09. The summed E-state index contributed by atoms with van der Waals surface area (Å²) in [5.41, 5.74) is -0.0811. The van der Waals surface area contributed by atoms with Gasteiger partial charge in [0.05, 0.1) is 6.10 Å². The number of nitrogens with one attached hydrogen (secondary N) is 1. The molecule has 8 nitrogen and oxygen atoms in total. The molecule has 0 saturated carbocycles. The van der Waals surface area contributed by atoms with E-state index in [1.54, 1.807) is 9.80 Å². The number of rotatable bonds is 7. The molecule has 32 heavy (non-hydrogen) atoms. The molecule has 0 radical (unpaired) electrons. The highest BCUT2D eigenvalue weighted by molar-refractivity contribution is 6.00. The molecule has 0 aromatic heterocycles. The van der Waals surface area contributed by atoms with Crippen LogP contribution in [0.3, 0.4) is 0 Å². The highest BCUT2D eigenvalue weighted by atomic mass is 16.6. The maximum Gasteiger partial charge on any atom is 0.410 e. The normalized spacial score (nSPS) is 21.6. The predicted octanol–water partition coefficient (Wildman–Crippen LogP) is 2.30. The Morgan fingerprint density at radius 2 is 1.88 bits per heavy atom. The van der Waals surface area contributed by atoms with Crippen molar-refractivity contribution in [3.8, 4) is 0 Å². The van der Waals surface area contributed by atoms with Crippen molar-refractivity contribution < 1.29 is 24.2 Å². The summed E-state index contributed by atoms with van der Waals surface area (Å²) in [6, 6.07) is 8.54. The van der Waals surface area contributed by atoms with Crippen molar-refractivity contribution in [2.24, 2.45) is 5.92 Å². The smallest absolute Gasteiger partial charge is 0.410 e. The van der Waals surface area contributed by atoms with Crippen LogP contribution in [0.25, 0.3) is 0 Å². The van der Waals surface area contributed by atoms with E-state index in [4.69, 9.17) is 4.74 Å². The molecule has 1 spiro atoms. The zero-order valence-electron chi connectivity index (χ0n) is 19.3. The van der Waals surface area contributed by atoms with Crippen molar-refractivity contribution in [2.45, 2.75) is 70.7 Å². The van der Waals surface area contributed by atoms with E-state index in [1.165, 1.54) is 0 Å². The van der Waals surface area contributed by atoms with E-state index in [0.29, 0.717) is 32.5 Å². The highest BCUT2D eigenvalue weighted by Crippen LogP contribution is 2.34. The Balaban J connectivity index is 1.69. The van der Waals surface area contributed by atoms with E-state index in [9.17, 15) is 19.5 Å². The molecule has 0 unspecified atom stereocenters. The van der Waals surface area contributed by atoms with Gasteiger partial charge < -0.3 is 25.0 Å². The first-order chi connectivity index (χ1) is 15.3. The fraction of sp³-hybridized carbons (Fsp3) is 0.625. The van der Waals surface area contributed by atoms with Gasteiger partial charge in [-0.25, -0.2) is 4.79 Å². The van der Waals surface area contributed by atoms with Crippen LogP contribution in [0.5, 0.6) is 0 Å². The summed E-state index contributed by atoms with van der Waals surface area (Å²) >= 11 is 0. The van der Waals surface area contributed by atoms with Gasteiger partial charge in [-0.05, 0) is 30.7 Å². The lowest BCUT2D eigenvalue weighted by molar-refractivity contribution is -0.165. The number of carbonyl (C=O) groups is 3. The van der Waals surface area contributed by atoms with Gasteiger partial charge in [0, 0.05) is 19.6 Å². The molecule has 8 heteroatoms. The topological polar surface area (TPSA) is 99.2 Å². The SMILES string of the molecule is CCCCN1C(=O)[C@@H]([C@H](O)C(C)C)NC(=O)C12CCN(C(=O)OCc1ccccc1)CC2. The largest absolute Gasteiger partial charge is 0.445 e. The van der Waals surface area contributed by atoms with Gasteiger partial charge in [0.15, 0.2) is 0 Å². The first-order valence-electron chi connectivity index (χ1n) is 11.6. The highest BCUT2D eigenvalue weighted by Gasteiger charge is 2.55. The van der Waals surface area contributed by atoms with E-state index in [0.717, 1.165) is 18.4 Å². The van der Waals surface area contributed by atoms with Gasteiger partial charge in [-0.3, -0.25) is 9.59 Å². The Morgan fingerprint density at radius 3 is 2.47 bits per heavy atom. The molecule has 2 N–H and O–H groups in total. The molecule has 3 amide bonds. The first-order valence-corrected chi connectivity index (χ1v) is 11.6. The Bertz CT molecular complexity index is 805. The van der Waals surface area contributed by atoms with Gasteiger partial charge in [-0.1, -0.05) is 57.5 Å². The van der Waals surface area contributed by atoms with Crippen molar-refractivity contribution in [1.82, 2.24) is 15.1 Å². The Kier molecular flexibility index (Phi) is 7.77. The number of likely N-dealkylation sites (tertiary alicyclic amines) is 1. The molecule has 2 aliphatic rings. The molecule has 3 rings (SSSR count). The molecule has 176 valence electrons. The monoisotopic (exact) mass is 445 g/mol. The maximum absolute atomic E-state index is 13.3. The number of piperazine rings is 1. The molecule has 2 saturated heterocycles. The lowest BCUT2D eigenvalue weighted by Gasteiger charge is -2.52. The van der Waals surface area contributed by atoms with Crippen LogP contribution in [0.1, 0.15) is 52.0 Å². The van der Waals surface area contributed by atoms with Gasteiger partial charge >= 0.3 is 6.09 Å². The van der Waals surface area contributed by atoms with Crippen molar-refractivity contribution in [3.05, 3.63) is 35.9 Å². The number of benzene rings is 1. The number of ether oxygens (including phenoxy) is 1. The fourth-order valence-corrected chi connectivity index (χ4v) is 4.46. The van der Waals surface area contributed by atoms with Crippen molar-refractivity contribution in [3.63, 3.8) is 0 Å². The molecule has 2 heterocycles. The average Bonchev–Trinajstić information content (AvgIpc) is 2.80. The molecule has 1 aromatic rings.